The molecule has 2 aliphatic heterocycles. The number of rotatable bonds is 3. The Morgan fingerprint density at radius 1 is 1.33 bits per heavy atom. The highest BCUT2D eigenvalue weighted by Crippen LogP contribution is 2.16. The van der Waals surface area contributed by atoms with E-state index < -0.39 is 0 Å². The second-order valence-corrected chi connectivity index (χ2v) is 5.53. The Kier molecular flexibility index (Phi) is 4.32. The number of hydrogen-bond acceptors (Lipinski definition) is 3. The van der Waals surface area contributed by atoms with Gasteiger partial charge in [-0.05, 0) is 31.4 Å². The topological polar surface area (TPSA) is 32.3 Å². The molecule has 0 spiro atoms. The lowest BCUT2D eigenvalue weighted by atomic mass is 10.1. The monoisotopic (exact) mass is 228 g/mol. The fourth-order valence-electron chi connectivity index (χ4n) is 2.18. The van der Waals surface area contributed by atoms with Crippen molar-refractivity contribution in [3.63, 3.8) is 0 Å². The second kappa shape index (κ2) is 5.75. The Bertz CT molecular complexity index is 211. The van der Waals surface area contributed by atoms with Crippen LogP contribution in [0.5, 0.6) is 0 Å². The average molecular weight is 228 g/mol. The van der Waals surface area contributed by atoms with E-state index in [0.717, 1.165) is 13.1 Å². The SMILES string of the molecule is O=C(CNC1CCSC1)N1CCCCC1. The summed E-state index contributed by atoms with van der Waals surface area (Å²) in [6, 6.07) is 0.573. The minimum Gasteiger partial charge on any atom is -0.342 e. The number of likely N-dealkylation sites (tertiary alicyclic amines) is 1. The molecule has 0 bridgehead atoms. The molecule has 0 aromatic carbocycles. The summed E-state index contributed by atoms with van der Waals surface area (Å²) in [5, 5.41) is 3.37. The van der Waals surface area contributed by atoms with Gasteiger partial charge in [0.05, 0.1) is 6.54 Å². The molecule has 2 heterocycles. The zero-order valence-electron chi connectivity index (χ0n) is 9.21. The molecule has 1 unspecified atom stereocenters. The summed E-state index contributed by atoms with van der Waals surface area (Å²) in [5.74, 6) is 2.72. The zero-order chi connectivity index (χ0) is 10.5. The molecule has 1 atom stereocenters. The third kappa shape index (κ3) is 3.38. The Balaban J connectivity index is 1.66. The summed E-state index contributed by atoms with van der Waals surface area (Å²) in [6.07, 6.45) is 4.88. The number of nitrogens with zero attached hydrogens (tertiary/aromatic N) is 1. The van der Waals surface area contributed by atoms with Gasteiger partial charge in [0.25, 0.3) is 0 Å². The Labute approximate surface area is 96.0 Å². The van der Waals surface area contributed by atoms with E-state index in [2.05, 4.69) is 5.32 Å². The number of hydrogen-bond donors (Lipinski definition) is 1. The maximum Gasteiger partial charge on any atom is 0.236 e. The summed E-state index contributed by atoms with van der Waals surface area (Å²) in [7, 11) is 0. The molecule has 4 heteroatoms. The van der Waals surface area contributed by atoms with Gasteiger partial charge in [-0.3, -0.25) is 4.79 Å². The van der Waals surface area contributed by atoms with Crippen molar-refractivity contribution in [2.75, 3.05) is 31.1 Å². The number of nitrogens with one attached hydrogen (secondary N) is 1. The number of carbonyl (C=O) groups is 1. The van der Waals surface area contributed by atoms with Gasteiger partial charge in [-0.2, -0.15) is 11.8 Å². The second-order valence-electron chi connectivity index (χ2n) is 4.38. The van der Waals surface area contributed by atoms with Gasteiger partial charge >= 0.3 is 0 Å². The Hall–Kier alpha value is -0.220. The van der Waals surface area contributed by atoms with Crippen molar-refractivity contribution in [2.24, 2.45) is 0 Å². The van der Waals surface area contributed by atoms with E-state index >= 15 is 0 Å². The van der Waals surface area contributed by atoms with Crippen LogP contribution in [0.4, 0.5) is 0 Å². The lowest BCUT2D eigenvalue weighted by Crippen LogP contribution is -2.43. The molecule has 2 aliphatic rings. The van der Waals surface area contributed by atoms with Crippen LogP contribution >= 0.6 is 11.8 Å². The highest BCUT2D eigenvalue weighted by molar-refractivity contribution is 7.99. The summed E-state index contributed by atoms with van der Waals surface area (Å²) < 4.78 is 0. The molecule has 0 aromatic heterocycles. The fourth-order valence-corrected chi connectivity index (χ4v) is 3.37. The maximum atomic E-state index is 11.8. The van der Waals surface area contributed by atoms with Gasteiger partial charge in [0.2, 0.25) is 5.91 Å². The Morgan fingerprint density at radius 2 is 2.13 bits per heavy atom. The van der Waals surface area contributed by atoms with Gasteiger partial charge in [0.15, 0.2) is 0 Å². The van der Waals surface area contributed by atoms with Crippen LogP contribution in [-0.4, -0.2) is 48.0 Å². The number of carbonyl (C=O) groups excluding carboxylic acids is 1. The molecule has 0 radical (unpaired) electrons. The highest BCUT2D eigenvalue weighted by Gasteiger charge is 2.19. The van der Waals surface area contributed by atoms with Crippen LogP contribution in [0.25, 0.3) is 0 Å². The van der Waals surface area contributed by atoms with Gasteiger partial charge in [-0.15, -0.1) is 0 Å². The van der Waals surface area contributed by atoms with Crippen LogP contribution in [0.3, 0.4) is 0 Å². The number of thioether (sulfide) groups is 1. The first-order valence-corrected chi connectivity index (χ1v) is 7.10. The Morgan fingerprint density at radius 3 is 2.80 bits per heavy atom. The molecular formula is C11H20N2OS. The summed E-state index contributed by atoms with van der Waals surface area (Å²) in [5.41, 5.74) is 0. The van der Waals surface area contributed by atoms with E-state index in [4.69, 9.17) is 0 Å². The van der Waals surface area contributed by atoms with Crippen molar-refractivity contribution in [3.8, 4) is 0 Å². The first-order chi connectivity index (χ1) is 7.36. The zero-order valence-corrected chi connectivity index (χ0v) is 10.0. The van der Waals surface area contributed by atoms with Crippen LogP contribution in [0.2, 0.25) is 0 Å². The first-order valence-electron chi connectivity index (χ1n) is 5.95. The molecule has 2 saturated heterocycles. The minimum atomic E-state index is 0.298. The third-order valence-corrected chi connectivity index (χ3v) is 4.34. The summed E-state index contributed by atoms with van der Waals surface area (Å²) >= 11 is 1.98. The van der Waals surface area contributed by atoms with Gasteiger partial charge < -0.3 is 10.2 Å². The summed E-state index contributed by atoms with van der Waals surface area (Å²) in [4.78, 5) is 13.8. The average Bonchev–Trinajstić information content (AvgIpc) is 2.80. The quantitative estimate of drug-likeness (QED) is 0.785. The van der Waals surface area contributed by atoms with Gasteiger partial charge in [0, 0.05) is 24.9 Å². The van der Waals surface area contributed by atoms with Crippen molar-refractivity contribution >= 4 is 17.7 Å². The van der Waals surface area contributed by atoms with E-state index in [9.17, 15) is 4.79 Å². The molecular weight excluding hydrogens is 208 g/mol. The van der Waals surface area contributed by atoms with Crippen molar-refractivity contribution in [2.45, 2.75) is 31.7 Å². The van der Waals surface area contributed by atoms with E-state index in [1.807, 2.05) is 16.7 Å². The molecule has 1 amide bonds. The van der Waals surface area contributed by atoms with Gasteiger partial charge in [0.1, 0.15) is 0 Å². The van der Waals surface area contributed by atoms with Gasteiger partial charge in [-0.25, -0.2) is 0 Å². The third-order valence-electron chi connectivity index (χ3n) is 3.18. The van der Waals surface area contributed by atoms with Crippen LogP contribution < -0.4 is 5.32 Å². The van der Waals surface area contributed by atoms with E-state index in [1.165, 1.54) is 37.2 Å². The first kappa shape index (κ1) is 11.3. The van der Waals surface area contributed by atoms with E-state index in [-0.39, 0.29) is 0 Å². The number of amides is 1. The normalized spacial score (nSPS) is 26.9. The lowest BCUT2D eigenvalue weighted by Gasteiger charge is -2.27. The summed E-state index contributed by atoms with van der Waals surface area (Å²) in [6.45, 7) is 2.49. The van der Waals surface area contributed by atoms with Gasteiger partial charge in [-0.1, -0.05) is 0 Å². The maximum absolute atomic E-state index is 11.8. The molecule has 3 nitrogen and oxygen atoms in total. The predicted octanol–water partition coefficient (Wildman–Crippen LogP) is 1.09. The van der Waals surface area contributed by atoms with Crippen LogP contribution in [0, 0.1) is 0 Å². The van der Waals surface area contributed by atoms with Crippen molar-refractivity contribution < 1.29 is 4.79 Å². The molecule has 0 saturated carbocycles. The molecule has 86 valence electrons. The van der Waals surface area contributed by atoms with E-state index in [0.29, 0.717) is 18.5 Å². The standard InChI is InChI=1S/C11H20N2OS/c14-11(13-5-2-1-3-6-13)8-12-10-4-7-15-9-10/h10,12H,1-9H2. The molecule has 2 fully saturated rings. The molecule has 1 N–H and O–H groups in total. The molecule has 15 heavy (non-hydrogen) atoms. The molecule has 2 rings (SSSR count). The van der Waals surface area contributed by atoms with Crippen molar-refractivity contribution in [3.05, 3.63) is 0 Å². The van der Waals surface area contributed by atoms with Crippen molar-refractivity contribution in [1.82, 2.24) is 10.2 Å². The fraction of sp³-hybridized carbons (Fsp3) is 0.909. The molecule has 0 aliphatic carbocycles. The smallest absolute Gasteiger partial charge is 0.236 e. The largest absolute Gasteiger partial charge is 0.342 e. The number of piperidine rings is 1. The molecule has 0 aromatic rings. The minimum absolute atomic E-state index is 0.298. The van der Waals surface area contributed by atoms with Crippen LogP contribution in [0.1, 0.15) is 25.7 Å². The predicted molar refractivity (Wildman–Crippen MR) is 64.2 cm³/mol. The van der Waals surface area contributed by atoms with Crippen LogP contribution in [0.15, 0.2) is 0 Å². The lowest BCUT2D eigenvalue weighted by molar-refractivity contribution is -0.131. The van der Waals surface area contributed by atoms with Crippen molar-refractivity contribution in [1.29, 1.82) is 0 Å². The van der Waals surface area contributed by atoms with E-state index in [1.54, 1.807) is 0 Å². The van der Waals surface area contributed by atoms with Crippen LogP contribution in [-0.2, 0) is 4.79 Å². The highest BCUT2D eigenvalue weighted by atomic mass is 32.2.